The van der Waals surface area contributed by atoms with E-state index in [4.69, 9.17) is 0 Å². The number of piperazine rings is 1. The quantitative estimate of drug-likeness (QED) is 0.311. The highest BCUT2D eigenvalue weighted by atomic mass is 127. The number of aryl methyl sites for hydroxylation is 1. The first kappa shape index (κ1) is 26.3. The molecule has 0 unspecified atom stereocenters. The van der Waals surface area contributed by atoms with Gasteiger partial charge in [-0.25, -0.2) is 13.4 Å². The summed E-state index contributed by atoms with van der Waals surface area (Å²) in [5.41, 5.74) is 2.82. The second kappa shape index (κ2) is 11.8. The molecule has 0 saturated carbocycles. The van der Waals surface area contributed by atoms with Gasteiger partial charge in [-0.05, 0) is 42.8 Å². The fourth-order valence-corrected chi connectivity index (χ4v) is 4.53. The number of halogens is 1. The minimum Gasteiger partial charge on any atom is -0.354 e. The van der Waals surface area contributed by atoms with Gasteiger partial charge in [-0.1, -0.05) is 18.2 Å². The third-order valence-corrected chi connectivity index (χ3v) is 6.68. The summed E-state index contributed by atoms with van der Waals surface area (Å²) in [6.45, 7) is 7.09. The third kappa shape index (κ3) is 7.31. The van der Waals surface area contributed by atoms with Gasteiger partial charge in [-0.2, -0.15) is 0 Å². The van der Waals surface area contributed by atoms with Gasteiger partial charge in [-0.3, -0.25) is 4.99 Å². The van der Waals surface area contributed by atoms with Crippen LogP contribution in [0, 0.1) is 6.92 Å². The largest absolute Gasteiger partial charge is 0.354 e. The van der Waals surface area contributed by atoms with Gasteiger partial charge < -0.3 is 20.4 Å². The lowest BCUT2D eigenvalue weighted by molar-refractivity contribution is 0.312. The molecule has 176 valence electrons. The van der Waals surface area contributed by atoms with Crippen LogP contribution in [0.15, 0.2) is 46.4 Å². The zero-order chi connectivity index (χ0) is 22.4. The van der Waals surface area contributed by atoms with E-state index in [9.17, 15) is 8.42 Å². The average molecular weight is 573 g/mol. The molecule has 2 aromatic rings. The molecule has 1 aliphatic rings. The molecule has 0 atom stereocenters. The van der Waals surface area contributed by atoms with E-state index in [1.807, 2.05) is 25.3 Å². The van der Waals surface area contributed by atoms with Gasteiger partial charge in [0.15, 0.2) is 15.8 Å². The summed E-state index contributed by atoms with van der Waals surface area (Å²) in [4.78, 5) is 13.9. The summed E-state index contributed by atoms with van der Waals surface area (Å²) in [5, 5.41) is 6.56. The monoisotopic (exact) mass is 572 g/mol. The van der Waals surface area contributed by atoms with Crippen molar-refractivity contribution in [3.8, 4) is 0 Å². The zero-order valence-corrected chi connectivity index (χ0v) is 22.3. The Labute approximate surface area is 208 Å². The average Bonchev–Trinajstić information content (AvgIpc) is 2.74. The Hall–Kier alpha value is -1.92. The van der Waals surface area contributed by atoms with E-state index >= 15 is 0 Å². The van der Waals surface area contributed by atoms with Gasteiger partial charge >= 0.3 is 0 Å². The van der Waals surface area contributed by atoms with Gasteiger partial charge in [-0.15, -0.1) is 24.0 Å². The van der Waals surface area contributed by atoms with Crippen LogP contribution in [-0.2, 0) is 22.9 Å². The van der Waals surface area contributed by atoms with Crippen LogP contribution in [0.4, 0.5) is 5.82 Å². The number of aromatic nitrogens is 1. The first-order valence-electron chi connectivity index (χ1n) is 10.4. The highest BCUT2D eigenvalue weighted by Crippen LogP contribution is 2.17. The van der Waals surface area contributed by atoms with Gasteiger partial charge in [0.05, 0.1) is 4.90 Å². The number of anilines is 1. The Bertz CT molecular complexity index is 1020. The predicted molar refractivity (Wildman–Crippen MR) is 141 cm³/mol. The van der Waals surface area contributed by atoms with Crippen LogP contribution in [0.25, 0.3) is 0 Å². The van der Waals surface area contributed by atoms with E-state index in [1.54, 1.807) is 13.1 Å². The van der Waals surface area contributed by atoms with Crippen LogP contribution in [0.1, 0.15) is 16.7 Å². The number of hydrogen-bond donors (Lipinski definition) is 2. The summed E-state index contributed by atoms with van der Waals surface area (Å²) < 4.78 is 23.5. The number of sulfone groups is 1. The fourth-order valence-electron chi connectivity index (χ4n) is 3.57. The number of nitrogens with zero attached hydrogens (tertiary/aromatic N) is 4. The number of benzene rings is 1. The van der Waals surface area contributed by atoms with Gasteiger partial charge in [0.25, 0.3) is 0 Å². The maximum atomic E-state index is 11.8. The molecule has 0 amide bonds. The summed E-state index contributed by atoms with van der Waals surface area (Å²) in [6.07, 6.45) is 3.13. The number of hydrogen-bond acceptors (Lipinski definition) is 6. The van der Waals surface area contributed by atoms with Crippen molar-refractivity contribution in [2.75, 3.05) is 51.4 Å². The molecule has 3 rings (SSSR count). The third-order valence-electron chi connectivity index (χ3n) is 5.42. The number of rotatable bonds is 6. The first-order valence-corrected chi connectivity index (χ1v) is 12.3. The number of aliphatic imine (C=N–C) groups is 1. The minimum absolute atomic E-state index is 0. The normalized spacial score (nSPS) is 15.2. The minimum atomic E-state index is -3.21. The molecule has 1 fully saturated rings. The molecule has 0 radical (unpaired) electrons. The van der Waals surface area contributed by atoms with Gasteiger partial charge in [0.2, 0.25) is 0 Å². The van der Waals surface area contributed by atoms with Crippen molar-refractivity contribution >= 4 is 45.6 Å². The second-order valence-electron chi connectivity index (χ2n) is 7.97. The molecule has 2 heterocycles. The van der Waals surface area contributed by atoms with E-state index in [0.29, 0.717) is 23.9 Å². The summed E-state index contributed by atoms with van der Waals surface area (Å²) >= 11 is 0. The van der Waals surface area contributed by atoms with Crippen molar-refractivity contribution in [3.05, 3.63) is 53.2 Å². The predicted octanol–water partition coefficient (Wildman–Crippen LogP) is 2.03. The molecule has 2 N–H and O–H groups in total. The van der Waals surface area contributed by atoms with Crippen LogP contribution in [0.2, 0.25) is 0 Å². The van der Waals surface area contributed by atoms with Gasteiger partial charge in [0, 0.05) is 58.8 Å². The first-order chi connectivity index (χ1) is 14.8. The number of nitrogens with one attached hydrogen (secondary N) is 2. The fraction of sp³-hybridized carbons (Fsp3) is 0.455. The Balaban J connectivity index is 0.00000363. The highest BCUT2D eigenvalue weighted by molar-refractivity contribution is 14.0. The molecular formula is C22H33IN6O2S. The molecule has 0 bridgehead atoms. The highest BCUT2D eigenvalue weighted by Gasteiger charge is 2.15. The Morgan fingerprint density at radius 2 is 1.69 bits per heavy atom. The van der Waals surface area contributed by atoms with Crippen LogP contribution < -0.4 is 15.5 Å². The molecule has 32 heavy (non-hydrogen) atoms. The van der Waals surface area contributed by atoms with Gasteiger partial charge in [0.1, 0.15) is 5.82 Å². The molecule has 10 heteroatoms. The molecule has 1 aliphatic heterocycles. The van der Waals surface area contributed by atoms with Crippen molar-refractivity contribution in [2.45, 2.75) is 24.9 Å². The summed E-state index contributed by atoms with van der Waals surface area (Å²) in [6, 6.07) is 9.53. The zero-order valence-electron chi connectivity index (χ0n) is 19.1. The summed E-state index contributed by atoms with van der Waals surface area (Å²) in [5.74, 6) is 1.69. The van der Waals surface area contributed by atoms with E-state index in [2.05, 4.69) is 49.6 Å². The van der Waals surface area contributed by atoms with Crippen LogP contribution in [0.5, 0.6) is 0 Å². The smallest absolute Gasteiger partial charge is 0.191 e. The molecule has 1 aromatic carbocycles. The molecule has 1 saturated heterocycles. The van der Waals surface area contributed by atoms with Crippen LogP contribution >= 0.6 is 24.0 Å². The lowest BCUT2D eigenvalue weighted by Crippen LogP contribution is -2.44. The van der Waals surface area contributed by atoms with Crippen molar-refractivity contribution in [1.29, 1.82) is 0 Å². The molecule has 0 aliphatic carbocycles. The standard InChI is InChI=1S/C22H32N6O2S.HI/c1-17-13-18(5-7-20(17)31(4,29)30)14-25-22(23-2)26-16-19-6-8-21(24-15-19)28-11-9-27(3)10-12-28;/h5-8,13,15H,9-12,14,16H2,1-4H3,(H2,23,25,26);1H. The maximum Gasteiger partial charge on any atom is 0.191 e. The maximum absolute atomic E-state index is 11.8. The molecule has 0 spiro atoms. The molecular weight excluding hydrogens is 539 g/mol. The number of guanidine groups is 1. The SMILES string of the molecule is CN=C(NCc1ccc(N2CCN(C)CC2)nc1)NCc1ccc(S(C)(=O)=O)c(C)c1.I. The number of likely N-dealkylation sites (N-methyl/N-ethyl adjacent to an activating group) is 1. The second-order valence-corrected chi connectivity index (χ2v) is 9.95. The van der Waals surface area contributed by atoms with Crippen molar-refractivity contribution in [1.82, 2.24) is 20.5 Å². The van der Waals surface area contributed by atoms with Crippen molar-refractivity contribution in [2.24, 2.45) is 4.99 Å². The van der Waals surface area contributed by atoms with E-state index in [1.165, 1.54) is 6.26 Å². The lowest BCUT2D eigenvalue weighted by Gasteiger charge is -2.33. The lowest BCUT2D eigenvalue weighted by atomic mass is 10.1. The van der Waals surface area contributed by atoms with E-state index < -0.39 is 9.84 Å². The van der Waals surface area contributed by atoms with Crippen LogP contribution in [-0.4, -0.2) is 70.8 Å². The Morgan fingerprint density at radius 3 is 2.22 bits per heavy atom. The van der Waals surface area contributed by atoms with E-state index in [0.717, 1.165) is 48.7 Å². The van der Waals surface area contributed by atoms with Crippen LogP contribution in [0.3, 0.4) is 0 Å². The topological polar surface area (TPSA) is 89.9 Å². The molecule has 8 nitrogen and oxygen atoms in total. The Morgan fingerprint density at radius 1 is 1.06 bits per heavy atom. The summed E-state index contributed by atoms with van der Waals surface area (Å²) in [7, 11) is 0.663. The van der Waals surface area contributed by atoms with Crippen molar-refractivity contribution < 1.29 is 8.42 Å². The van der Waals surface area contributed by atoms with Crippen molar-refractivity contribution in [3.63, 3.8) is 0 Å². The molecule has 1 aromatic heterocycles. The van der Waals surface area contributed by atoms with E-state index in [-0.39, 0.29) is 24.0 Å². The number of pyridine rings is 1. The Kier molecular flexibility index (Phi) is 9.71.